The second kappa shape index (κ2) is 5.90. The predicted molar refractivity (Wildman–Crippen MR) is 71.8 cm³/mol. The number of hydrogen-bond donors (Lipinski definition) is 1. The SMILES string of the molecule is CCCC(C)C(N)c1cccc(N(C)C)c1. The van der Waals surface area contributed by atoms with Crippen molar-refractivity contribution in [1.82, 2.24) is 0 Å². The Morgan fingerprint density at radius 2 is 2.00 bits per heavy atom. The summed E-state index contributed by atoms with van der Waals surface area (Å²) >= 11 is 0. The molecule has 2 unspecified atom stereocenters. The largest absolute Gasteiger partial charge is 0.378 e. The van der Waals surface area contributed by atoms with E-state index in [4.69, 9.17) is 5.73 Å². The molecule has 1 rings (SSSR count). The van der Waals surface area contributed by atoms with E-state index in [-0.39, 0.29) is 6.04 Å². The summed E-state index contributed by atoms with van der Waals surface area (Å²) < 4.78 is 0. The van der Waals surface area contributed by atoms with Gasteiger partial charge in [-0.1, -0.05) is 32.4 Å². The molecule has 0 saturated carbocycles. The number of nitrogens with two attached hydrogens (primary N) is 1. The van der Waals surface area contributed by atoms with E-state index < -0.39 is 0 Å². The fourth-order valence-electron chi connectivity index (χ4n) is 1.97. The van der Waals surface area contributed by atoms with Crippen molar-refractivity contribution in [3.05, 3.63) is 29.8 Å². The van der Waals surface area contributed by atoms with Crippen LogP contribution < -0.4 is 10.6 Å². The summed E-state index contributed by atoms with van der Waals surface area (Å²) in [5, 5.41) is 0. The highest BCUT2D eigenvalue weighted by Gasteiger charge is 2.14. The van der Waals surface area contributed by atoms with Crippen LogP contribution in [0.4, 0.5) is 5.69 Å². The van der Waals surface area contributed by atoms with E-state index in [1.54, 1.807) is 0 Å². The minimum Gasteiger partial charge on any atom is -0.378 e. The minimum absolute atomic E-state index is 0.153. The van der Waals surface area contributed by atoms with E-state index in [1.807, 2.05) is 0 Å². The first-order valence-electron chi connectivity index (χ1n) is 6.09. The Hall–Kier alpha value is -1.02. The first-order chi connectivity index (χ1) is 7.56. The van der Waals surface area contributed by atoms with Gasteiger partial charge in [0.15, 0.2) is 0 Å². The van der Waals surface area contributed by atoms with Crippen LogP contribution in [0.25, 0.3) is 0 Å². The molecule has 0 aromatic heterocycles. The fourth-order valence-corrected chi connectivity index (χ4v) is 1.97. The quantitative estimate of drug-likeness (QED) is 0.825. The van der Waals surface area contributed by atoms with E-state index in [9.17, 15) is 0 Å². The molecule has 0 saturated heterocycles. The van der Waals surface area contributed by atoms with Gasteiger partial charge in [-0.25, -0.2) is 0 Å². The van der Waals surface area contributed by atoms with Gasteiger partial charge in [0.05, 0.1) is 0 Å². The monoisotopic (exact) mass is 220 g/mol. The molecule has 1 aromatic rings. The topological polar surface area (TPSA) is 29.3 Å². The smallest absolute Gasteiger partial charge is 0.0364 e. The van der Waals surface area contributed by atoms with Gasteiger partial charge in [-0.2, -0.15) is 0 Å². The van der Waals surface area contributed by atoms with Gasteiger partial charge in [-0.05, 0) is 30.0 Å². The summed E-state index contributed by atoms with van der Waals surface area (Å²) in [7, 11) is 4.11. The van der Waals surface area contributed by atoms with Gasteiger partial charge in [-0.15, -0.1) is 0 Å². The first kappa shape index (κ1) is 13.0. The van der Waals surface area contributed by atoms with Crippen molar-refractivity contribution in [2.24, 2.45) is 11.7 Å². The van der Waals surface area contributed by atoms with Crippen LogP contribution in [-0.2, 0) is 0 Å². The Kier molecular flexibility index (Phi) is 4.81. The summed E-state index contributed by atoms with van der Waals surface area (Å²) in [6.07, 6.45) is 2.38. The third-order valence-corrected chi connectivity index (χ3v) is 3.13. The Bertz CT molecular complexity index is 320. The van der Waals surface area contributed by atoms with Crippen LogP contribution >= 0.6 is 0 Å². The zero-order chi connectivity index (χ0) is 12.1. The fraction of sp³-hybridized carbons (Fsp3) is 0.571. The molecule has 90 valence electrons. The highest BCUT2D eigenvalue weighted by Crippen LogP contribution is 2.25. The average molecular weight is 220 g/mol. The molecule has 0 aliphatic carbocycles. The Balaban J connectivity index is 2.82. The maximum absolute atomic E-state index is 6.28. The highest BCUT2D eigenvalue weighted by atomic mass is 15.1. The second-order valence-corrected chi connectivity index (χ2v) is 4.78. The first-order valence-corrected chi connectivity index (χ1v) is 6.09. The molecule has 2 atom stereocenters. The second-order valence-electron chi connectivity index (χ2n) is 4.78. The number of nitrogens with zero attached hydrogens (tertiary/aromatic N) is 1. The molecule has 0 aliphatic heterocycles. The van der Waals surface area contributed by atoms with Crippen LogP contribution in [0.5, 0.6) is 0 Å². The molecule has 2 N–H and O–H groups in total. The zero-order valence-corrected chi connectivity index (χ0v) is 10.9. The maximum Gasteiger partial charge on any atom is 0.0364 e. The molecule has 0 spiro atoms. The lowest BCUT2D eigenvalue weighted by Crippen LogP contribution is -2.19. The maximum atomic E-state index is 6.28. The van der Waals surface area contributed by atoms with Crippen molar-refractivity contribution >= 4 is 5.69 Å². The number of rotatable bonds is 5. The van der Waals surface area contributed by atoms with Crippen molar-refractivity contribution < 1.29 is 0 Å². The van der Waals surface area contributed by atoms with E-state index in [0.29, 0.717) is 5.92 Å². The van der Waals surface area contributed by atoms with Crippen LogP contribution in [0.3, 0.4) is 0 Å². The van der Waals surface area contributed by atoms with E-state index in [0.717, 1.165) is 0 Å². The summed E-state index contributed by atoms with van der Waals surface area (Å²) in [5.74, 6) is 0.544. The van der Waals surface area contributed by atoms with Gasteiger partial charge in [0.2, 0.25) is 0 Å². The standard InChI is InChI=1S/C14H24N2/c1-5-7-11(2)14(15)12-8-6-9-13(10-12)16(3)4/h6,8-11,14H,5,7,15H2,1-4H3. The zero-order valence-electron chi connectivity index (χ0n) is 10.9. The van der Waals surface area contributed by atoms with Crippen LogP contribution in [0, 0.1) is 5.92 Å². The molecule has 16 heavy (non-hydrogen) atoms. The summed E-state index contributed by atoms with van der Waals surface area (Å²) in [5.41, 5.74) is 8.74. The molecular weight excluding hydrogens is 196 g/mol. The molecule has 1 aromatic carbocycles. The molecule has 0 aliphatic rings. The lowest BCUT2D eigenvalue weighted by Gasteiger charge is -2.21. The van der Waals surface area contributed by atoms with Crippen molar-refractivity contribution in [1.29, 1.82) is 0 Å². The number of hydrogen-bond acceptors (Lipinski definition) is 2. The average Bonchev–Trinajstić information content (AvgIpc) is 2.28. The van der Waals surface area contributed by atoms with E-state index >= 15 is 0 Å². The van der Waals surface area contributed by atoms with Crippen LogP contribution in [-0.4, -0.2) is 14.1 Å². The molecule has 0 bridgehead atoms. The molecule has 0 radical (unpaired) electrons. The third kappa shape index (κ3) is 3.24. The van der Waals surface area contributed by atoms with E-state index in [1.165, 1.54) is 24.1 Å². The van der Waals surface area contributed by atoms with Crippen LogP contribution in [0.15, 0.2) is 24.3 Å². The molecule has 0 amide bonds. The Morgan fingerprint density at radius 3 is 2.56 bits per heavy atom. The normalized spacial score (nSPS) is 14.6. The van der Waals surface area contributed by atoms with Gasteiger partial charge >= 0.3 is 0 Å². The van der Waals surface area contributed by atoms with Gasteiger partial charge in [0.25, 0.3) is 0 Å². The van der Waals surface area contributed by atoms with Crippen molar-refractivity contribution in [2.75, 3.05) is 19.0 Å². The van der Waals surface area contributed by atoms with Crippen LogP contribution in [0.1, 0.15) is 38.3 Å². The summed E-state index contributed by atoms with van der Waals surface area (Å²) in [6, 6.07) is 8.67. The van der Waals surface area contributed by atoms with Crippen molar-refractivity contribution in [3.8, 4) is 0 Å². The van der Waals surface area contributed by atoms with Crippen molar-refractivity contribution in [3.63, 3.8) is 0 Å². The van der Waals surface area contributed by atoms with E-state index in [2.05, 4.69) is 57.1 Å². The van der Waals surface area contributed by atoms with Crippen LogP contribution in [0.2, 0.25) is 0 Å². The van der Waals surface area contributed by atoms with Gasteiger partial charge in [0.1, 0.15) is 0 Å². The molecular formula is C14H24N2. The Labute approximate surface area is 99.5 Å². The molecule has 2 heteroatoms. The van der Waals surface area contributed by atoms with Gasteiger partial charge < -0.3 is 10.6 Å². The summed E-state index contributed by atoms with van der Waals surface area (Å²) in [6.45, 7) is 4.44. The summed E-state index contributed by atoms with van der Waals surface area (Å²) in [4.78, 5) is 2.11. The highest BCUT2D eigenvalue weighted by molar-refractivity contribution is 5.47. The van der Waals surface area contributed by atoms with Gasteiger partial charge in [-0.3, -0.25) is 0 Å². The lowest BCUT2D eigenvalue weighted by atomic mass is 9.91. The lowest BCUT2D eigenvalue weighted by molar-refractivity contribution is 0.434. The molecule has 0 heterocycles. The van der Waals surface area contributed by atoms with Gasteiger partial charge in [0, 0.05) is 25.8 Å². The van der Waals surface area contributed by atoms with Crippen molar-refractivity contribution in [2.45, 2.75) is 32.7 Å². The Morgan fingerprint density at radius 1 is 1.31 bits per heavy atom. The minimum atomic E-state index is 0.153. The number of benzene rings is 1. The predicted octanol–water partition coefficient (Wildman–Crippen LogP) is 3.19. The molecule has 2 nitrogen and oxygen atoms in total. The number of anilines is 1. The molecule has 0 fully saturated rings. The third-order valence-electron chi connectivity index (χ3n) is 3.13.